The number of nitrogens with zero attached hydrogens (tertiary/aromatic N) is 1. The van der Waals surface area contributed by atoms with Crippen molar-refractivity contribution in [1.82, 2.24) is 4.98 Å². The highest BCUT2D eigenvalue weighted by molar-refractivity contribution is 5.74. The summed E-state index contributed by atoms with van der Waals surface area (Å²) in [5, 5.41) is 19.1. The monoisotopic (exact) mass is 228 g/mol. The van der Waals surface area contributed by atoms with Gasteiger partial charge in [-0.25, -0.2) is 4.98 Å². The second kappa shape index (κ2) is 5.00. The van der Waals surface area contributed by atoms with Crippen LogP contribution >= 0.6 is 0 Å². The molecule has 0 spiro atoms. The fourth-order valence-electron chi connectivity index (χ4n) is 1.28. The van der Waals surface area contributed by atoms with Gasteiger partial charge in [-0.05, 0) is 13.0 Å². The number of primary amides is 1. The third-order valence-electron chi connectivity index (χ3n) is 2.15. The number of rotatable bonds is 4. The smallest absolute Gasteiger partial charge is 0.220 e. The Balaban J connectivity index is 2.83. The molecule has 0 aliphatic heterocycles. The third kappa shape index (κ3) is 2.98. The largest absolute Gasteiger partial charge is 0.390 e. The van der Waals surface area contributed by atoms with E-state index in [4.69, 9.17) is 5.73 Å². The van der Waals surface area contributed by atoms with E-state index >= 15 is 0 Å². The molecular weight excluding hydrogens is 215 g/mol. The third-order valence-corrected chi connectivity index (χ3v) is 2.15. The van der Waals surface area contributed by atoms with E-state index in [-0.39, 0.29) is 17.5 Å². The second-order valence-electron chi connectivity index (χ2n) is 3.56. The first kappa shape index (κ1) is 12.5. The SMILES string of the molecule is Cc1cc(C(O)C(O)CC(N)=O)cnc1F. The number of aromatic nitrogens is 1. The predicted molar refractivity (Wildman–Crippen MR) is 53.7 cm³/mol. The fraction of sp³-hybridized carbons (Fsp3) is 0.400. The summed E-state index contributed by atoms with van der Waals surface area (Å²) in [6.07, 6.45) is -1.88. The Morgan fingerprint density at radius 1 is 1.62 bits per heavy atom. The molecule has 0 aromatic carbocycles. The first-order chi connectivity index (χ1) is 7.41. The van der Waals surface area contributed by atoms with Gasteiger partial charge in [0.05, 0.1) is 12.5 Å². The summed E-state index contributed by atoms with van der Waals surface area (Å²) in [6, 6.07) is 1.36. The van der Waals surface area contributed by atoms with Gasteiger partial charge in [-0.3, -0.25) is 4.79 Å². The van der Waals surface area contributed by atoms with Crippen molar-refractivity contribution >= 4 is 5.91 Å². The lowest BCUT2D eigenvalue weighted by Crippen LogP contribution is -2.25. The van der Waals surface area contributed by atoms with Gasteiger partial charge in [-0.1, -0.05) is 0 Å². The van der Waals surface area contributed by atoms with Crippen molar-refractivity contribution in [2.24, 2.45) is 5.73 Å². The van der Waals surface area contributed by atoms with Crippen LogP contribution in [0.4, 0.5) is 4.39 Å². The van der Waals surface area contributed by atoms with E-state index in [2.05, 4.69) is 4.98 Å². The number of aliphatic hydroxyl groups is 2. The number of nitrogens with two attached hydrogens (primary N) is 1. The van der Waals surface area contributed by atoms with Crippen molar-refractivity contribution in [1.29, 1.82) is 0 Å². The highest BCUT2D eigenvalue weighted by Gasteiger charge is 2.21. The van der Waals surface area contributed by atoms with Crippen LogP contribution in [0.15, 0.2) is 12.3 Å². The second-order valence-corrected chi connectivity index (χ2v) is 3.56. The van der Waals surface area contributed by atoms with Crippen molar-refractivity contribution in [2.75, 3.05) is 0 Å². The molecule has 4 N–H and O–H groups in total. The number of halogens is 1. The normalized spacial score (nSPS) is 14.5. The minimum atomic E-state index is -1.32. The van der Waals surface area contributed by atoms with Crippen LogP contribution in [0.2, 0.25) is 0 Å². The summed E-state index contributed by atoms with van der Waals surface area (Å²) in [6.45, 7) is 1.49. The number of aliphatic hydroxyl groups excluding tert-OH is 2. The zero-order valence-corrected chi connectivity index (χ0v) is 8.72. The lowest BCUT2D eigenvalue weighted by molar-refractivity contribution is -0.121. The molecule has 0 fully saturated rings. The summed E-state index contributed by atoms with van der Waals surface area (Å²) in [7, 11) is 0. The molecule has 5 nitrogen and oxygen atoms in total. The number of carbonyl (C=O) groups excluding carboxylic acids is 1. The summed E-state index contributed by atoms with van der Waals surface area (Å²) >= 11 is 0. The van der Waals surface area contributed by atoms with E-state index < -0.39 is 24.1 Å². The Hall–Kier alpha value is -1.53. The Labute approximate surface area is 91.7 Å². The average molecular weight is 228 g/mol. The molecule has 1 aromatic rings. The van der Waals surface area contributed by atoms with E-state index in [1.807, 2.05) is 0 Å². The number of aryl methyl sites for hydroxylation is 1. The summed E-state index contributed by atoms with van der Waals surface area (Å²) < 4.78 is 12.8. The molecule has 6 heteroatoms. The summed E-state index contributed by atoms with van der Waals surface area (Å²) in [5.41, 5.74) is 5.37. The highest BCUT2D eigenvalue weighted by atomic mass is 19.1. The number of hydrogen-bond acceptors (Lipinski definition) is 4. The Kier molecular flexibility index (Phi) is 3.92. The minimum Gasteiger partial charge on any atom is -0.390 e. The molecule has 88 valence electrons. The van der Waals surface area contributed by atoms with Gasteiger partial charge in [0.25, 0.3) is 0 Å². The first-order valence-corrected chi connectivity index (χ1v) is 4.68. The maximum absolute atomic E-state index is 12.8. The average Bonchev–Trinajstić information content (AvgIpc) is 2.20. The van der Waals surface area contributed by atoms with Crippen LogP contribution in [0.25, 0.3) is 0 Å². The predicted octanol–water partition coefficient (Wildman–Crippen LogP) is -0.201. The highest BCUT2D eigenvalue weighted by Crippen LogP contribution is 2.19. The van der Waals surface area contributed by atoms with Crippen molar-refractivity contribution in [2.45, 2.75) is 25.6 Å². The van der Waals surface area contributed by atoms with Gasteiger partial charge in [0.15, 0.2) is 0 Å². The Bertz CT molecular complexity index is 398. The molecular formula is C10H13FN2O3. The lowest BCUT2D eigenvalue weighted by atomic mass is 10.0. The van der Waals surface area contributed by atoms with Gasteiger partial charge in [0, 0.05) is 17.3 Å². The number of amides is 1. The van der Waals surface area contributed by atoms with Crippen LogP contribution < -0.4 is 5.73 Å². The van der Waals surface area contributed by atoms with Crippen molar-refractivity contribution in [3.8, 4) is 0 Å². The van der Waals surface area contributed by atoms with E-state index in [1.165, 1.54) is 13.0 Å². The van der Waals surface area contributed by atoms with Crippen LogP contribution in [0, 0.1) is 12.9 Å². The van der Waals surface area contributed by atoms with Gasteiger partial charge >= 0.3 is 0 Å². The zero-order chi connectivity index (χ0) is 12.3. The summed E-state index contributed by atoms with van der Waals surface area (Å²) in [4.78, 5) is 13.9. The topological polar surface area (TPSA) is 96.4 Å². The zero-order valence-electron chi connectivity index (χ0n) is 8.72. The van der Waals surface area contributed by atoms with E-state index in [0.29, 0.717) is 0 Å². The molecule has 1 rings (SSSR count). The number of pyridine rings is 1. The maximum atomic E-state index is 12.8. The summed E-state index contributed by atoms with van der Waals surface area (Å²) in [5.74, 6) is -1.36. The lowest BCUT2D eigenvalue weighted by Gasteiger charge is -2.16. The molecule has 2 atom stereocenters. The van der Waals surface area contributed by atoms with Crippen molar-refractivity contribution in [3.05, 3.63) is 29.3 Å². The molecule has 16 heavy (non-hydrogen) atoms. The number of hydrogen-bond donors (Lipinski definition) is 3. The molecule has 0 aliphatic rings. The molecule has 2 unspecified atom stereocenters. The van der Waals surface area contributed by atoms with Crippen molar-refractivity contribution < 1.29 is 19.4 Å². The first-order valence-electron chi connectivity index (χ1n) is 4.68. The minimum absolute atomic E-state index is 0.243. The molecule has 1 amide bonds. The van der Waals surface area contributed by atoms with E-state index in [1.54, 1.807) is 0 Å². The van der Waals surface area contributed by atoms with Gasteiger partial charge < -0.3 is 15.9 Å². The maximum Gasteiger partial charge on any atom is 0.220 e. The number of carbonyl (C=O) groups is 1. The molecule has 0 bridgehead atoms. The van der Waals surface area contributed by atoms with Crippen LogP contribution in [0.3, 0.4) is 0 Å². The van der Waals surface area contributed by atoms with E-state index in [9.17, 15) is 19.4 Å². The molecule has 0 radical (unpaired) electrons. The van der Waals surface area contributed by atoms with Crippen molar-refractivity contribution in [3.63, 3.8) is 0 Å². The molecule has 1 aromatic heterocycles. The molecule has 0 saturated carbocycles. The Morgan fingerprint density at radius 3 is 2.75 bits per heavy atom. The standard InChI is InChI=1S/C10H13FN2O3/c1-5-2-6(4-13-10(5)11)9(16)7(14)3-8(12)15/h2,4,7,9,14,16H,3H2,1H3,(H2,12,15). The van der Waals surface area contributed by atoms with Gasteiger partial charge in [0.2, 0.25) is 11.9 Å². The van der Waals surface area contributed by atoms with Crippen LogP contribution in [-0.4, -0.2) is 27.2 Å². The van der Waals surface area contributed by atoms with E-state index in [0.717, 1.165) is 6.20 Å². The molecule has 0 aliphatic carbocycles. The van der Waals surface area contributed by atoms with Crippen LogP contribution in [0.5, 0.6) is 0 Å². The van der Waals surface area contributed by atoms with Gasteiger partial charge in [-0.15, -0.1) is 0 Å². The van der Waals surface area contributed by atoms with Crippen LogP contribution in [-0.2, 0) is 4.79 Å². The molecule has 0 saturated heterocycles. The fourth-order valence-corrected chi connectivity index (χ4v) is 1.28. The van der Waals surface area contributed by atoms with Gasteiger partial charge in [0.1, 0.15) is 6.10 Å². The van der Waals surface area contributed by atoms with Crippen LogP contribution in [0.1, 0.15) is 23.7 Å². The Morgan fingerprint density at radius 2 is 2.25 bits per heavy atom. The van der Waals surface area contributed by atoms with Gasteiger partial charge in [-0.2, -0.15) is 4.39 Å². The molecule has 1 heterocycles. The quantitative estimate of drug-likeness (QED) is 0.622.